The van der Waals surface area contributed by atoms with Crippen molar-refractivity contribution in [2.45, 2.75) is 78.0 Å². The second-order valence-electron chi connectivity index (χ2n) is 13.0. The highest BCUT2D eigenvalue weighted by Gasteiger charge is 2.42. The van der Waals surface area contributed by atoms with Crippen molar-refractivity contribution >= 4 is 27.8 Å². The molecular weight excluding hydrogens is 633 g/mol. The molecule has 0 bridgehead atoms. The molecule has 0 saturated carbocycles. The van der Waals surface area contributed by atoms with Crippen LogP contribution in [0.25, 0.3) is 11.0 Å². The molecule has 0 amide bonds. The lowest BCUT2D eigenvalue weighted by atomic mass is 9.69. The van der Waals surface area contributed by atoms with Crippen LogP contribution in [0.3, 0.4) is 0 Å². The molecule has 3 aromatic carbocycles. The second kappa shape index (κ2) is 12.4. The Balaban J connectivity index is 1.64. The number of carboxylic acids is 1. The molecule has 2 heterocycles. The van der Waals surface area contributed by atoms with Crippen LogP contribution in [-0.4, -0.2) is 53.1 Å². The molecule has 0 unspecified atom stereocenters. The summed E-state index contributed by atoms with van der Waals surface area (Å²) < 4.78 is 73.1. The zero-order valence-electron chi connectivity index (χ0n) is 27.5. The first kappa shape index (κ1) is 34.7. The van der Waals surface area contributed by atoms with Crippen molar-refractivity contribution in [1.29, 1.82) is 0 Å². The number of aromatic nitrogens is 3. The highest BCUT2D eigenvalue weighted by atomic mass is 32.3. The largest absolute Gasteiger partial charge is 0.494 e. The van der Waals surface area contributed by atoms with Crippen LogP contribution in [-0.2, 0) is 30.5 Å². The van der Waals surface area contributed by atoms with Gasteiger partial charge in [-0.1, -0.05) is 36.4 Å². The molecule has 1 aliphatic heterocycles. The van der Waals surface area contributed by atoms with Gasteiger partial charge in [0.2, 0.25) is 0 Å². The summed E-state index contributed by atoms with van der Waals surface area (Å²) in [5.41, 5.74) is 3.16. The van der Waals surface area contributed by atoms with E-state index in [1.54, 1.807) is 25.6 Å². The van der Waals surface area contributed by atoms with E-state index in [4.69, 9.17) is 4.74 Å². The minimum Gasteiger partial charge on any atom is -0.494 e. The third-order valence-corrected chi connectivity index (χ3v) is 11.3. The van der Waals surface area contributed by atoms with Gasteiger partial charge in [-0.3, -0.25) is 13.9 Å². The lowest BCUT2D eigenvalue weighted by Gasteiger charge is -2.43. The van der Waals surface area contributed by atoms with E-state index in [1.165, 1.54) is 10.4 Å². The molecule has 3 N–H and O–H groups in total. The van der Waals surface area contributed by atoms with Crippen LogP contribution in [0.4, 0.5) is 13.2 Å². The predicted molar refractivity (Wildman–Crippen MR) is 175 cm³/mol. The third kappa shape index (κ3) is 6.21. The summed E-state index contributed by atoms with van der Waals surface area (Å²) in [4.78, 5) is 12.7. The molecule has 0 saturated heterocycles. The van der Waals surface area contributed by atoms with Gasteiger partial charge in [-0.2, -0.15) is 17.5 Å². The third-order valence-electron chi connectivity index (χ3n) is 9.33. The molecule has 9 nitrogen and oxygen atoms in total. The van der Waals surface area contributed by atoms with Crippen molar-refractivity contribution in [2.24, 2.45) is 11.3 Å². The molecule has 5 rings (SSSR count). The van der Waals surface area contributed by atoms with E-state index in [-0.39, 0.29) is 23.9 Å². The number of halogens is 3. The molecule has 0 aliphatic carbocycles. The number of hydrogen-bond donors (Lipinski definition) is 3. The fourth-order valence-electron chi connectivity index (χ4n) is 6.62. The monoisotopic (exact) mass is 674 g/mol. The molecule has 2 atom stereocenters. The van der Waals surface area contributed by atoms with E-state index in [2.05, 4.69) is 10.3 Å². The predicted octanol–water partition coefficient (Wildman–Crippen LogP) is 8.06. The number of methoxy groups -OCH3 is 1. The van der Waals surface area contributed by atoms with Crippen molar-refractivity contribution in [3.05, 3.63) is 81.4 Å². The number of carboxylic acid groups (broad SMARTS) is 1. The van der Waals surface area contributed by atoms with E-state index in [9.17, 15) is 32.2 Å². The quantitative estimate of drug-likeness (QED) is 0.172. The van der Waals surface area contributed by atoms with Crippen LogP contribution >= 0.6 is 10.8 Å². The number of rotatable bonds is 8. The van der Waals surface area contributed by atoms with Crippen molar-refractivity contribution in [3.8, 4) is 5.75 Å². The van der Waals surface area contributed by atoms with Crippen LogP contribution in [0.2, 0.25) is 0 Å². The maximum absolute atomic E-state index is 13.7. The fourth-order valence-corrected chi connectivity index (χ4v) is 8.47. The van der Waals surface area contributed by atoms with Crippen LogP contribution in [0.15, 0.2) is 47.4 Å². The Hall–Kier alpha value is -3.65. The van der Waals surface area contributed by atoms with Crippen LogP contribution in [0, 0.1) is 25.2 Å². The number of fused-ring (bicyclic) bond motifs is 2. The number of aliphatic carboxylic acids is 1. The minimum absolute atomic E-state index is 0.0222. The number of hydrogen-bond acceptors (Lipinski definition) is 7. The van der Waals surface area contributed by atoms with Gasteiger partial charge in [0.15, 0.2) is 0 Å². The first-order valence-electron chi connectivity index (χ1n) is 15.4. The summed E-state index contributed by atoms with van der Waals surface area (Å²) in [5.74, 6) is -1.29. The number of nitrogens with zero attached hydrogens (tertiary/aromatic N) is 4. The van der Waals surface area contributed by atoms with Crippen molar-refractivity contribution in [2.75, 3.05) is 13.7 Å². The van der Waals surface area contributed by atoms with Crippen LogP contribution in [0.5, 0.6) is 5.75 Å². The molecule has 1 aliphatic rings. The van der Waals surface area contributed by atoms with E-state index >= 15 is 0 Å². The number of alkyl halides is 3. The van der Waals surface area contributed by atoms with Gasteiger partial charge in [-0.05, 0) is 98.5 Å². The second-order valence-corrected chi connectivity index (χ2v) is 15.0. The molecule has 254 valence electrons. The average molecular weight is 675 g/mol. The zero-order valence-corrected chi connectivity index (χ0v) is 28.3. The van der Waals surface area contributed by atoms with Crippen molar-refractivity contribution in [1.82, 2.24) is 19.3 Å². The van der Waals surface area contributed by atoms with Crippen LogP contribution < -0.4 is 4.74 Å². The van der Waals surface area contributed by atoms with Gasteiger partial charge in [-0.15, -0.1) is 15.9 Å². The number of carbonyl (C=O) groups is 1. The lowest BCUT2D eigenvalue weighted by Crippen LogP contribution is -2.33. The molecule has 0 spiro atoms. The highest BCUT2D eigenvalue weighted by molar-refractivity contribution is 8.22. The Bertz CT molecular complexity index is 1840. The van der Waals surface area contributed by atoms with Crippen LogP contribution in [0.1, 0.15) is 72.6 Å². The van der Waals surface area contributed by atoms with E-state index < -0.39 is 39.8 Å². The van der Waals surface area contributed by atoms with Gasteiger partial charge >= 0.3 is 12.1 Å². The molecular formula is C34H41F3N4O5S. The molecule has 13 heteroatoms. The highest BCUT2D eigenvalue weighted by Crippen LogP contribution is 2.57. The summed E-state index contributed by atoms with van der Waals surface area (Å²) >= 11 is 0. The first-order chi connectivity index (χ1) is 21.9. The number of aryl methyl sites for hydroxylation is 3. The smallest absolute Gasteiger partial charge is 0.416 e. The van der Waals surface area contributed by atoms with E-state index in [0.717, 1.165) is 23.3 Å². The van der Waals surface area contributed by atoms with Crippen molar-refractivity contribution < 1.29 is 36.9 Å². The van der Waals surface area contributed by atoms with E-state index in [1.807, 2.05) is 52.0 Å². The van der Waals surface area contributed by atoms with Gasteiger partial charge < -0.3 is 9.84 Å². The average Bonchev–Trinajstić information content (AvgIpc) is 3.40. The minimum atomic E-state index is -4.64. The summed E-state index contributed by atoms with van der Waals surface area (Å²) in [7, 11) is -2.27. The topological polar surface area (TPSA) is 121 Å². The molecule has 0 fully saturated rings. The molecule has 4 aromatic rings. The first-order valence-corrected chi connectivity index (χ1v) is 16.9. The Labute approximate surface area is 273 Å². The zero-order chi connectivity index (χ0) is 34.6. The van der Waals surface area contributed by atoms with Crippen molar-refractivity contribution in [3.63, 3.8) is 0 Å². The summed E-state index contributed by atoms with van der Waals surface area (Å²) in [6, 6.07) is 10.6. The molecule has 1 aromatic heterocycles. The van der Waals surface area contributed by atoms with Gasteiger partial charge in [0, 0.05) is 25.6 Å². The number of ether oxygens (including phenoxy) is 1. The molecule has 47 heavy (non-hydrogen) atoms. The SMILES string of the molecule is CCn1nnc2c(C)c([C@H](c3ccc(C)c(CN4C[C@@H](C)Cc5ccc(C(F)(F)F)cc5S4(O)O)c3)C(C)(C)C(=O)O)cc(OC)c21. The van der Waals surface area contributed by atoms with Gasteiger partial charge in [0.25, 0.3) is 0 Å². The summed E-state index contributed by atoms with van der Waals surface area (Å²) in [5, 5.41) is 19.1. The van der Waals surface area contributed by atoms with Gasteiger partial charge in [0.1, 0.15) is 16.8 Å². The fraction of sp³-hybridized carbons (Fsp3) is 0.441. The maximum atomic E-state index is 13.7. The Morgan fingerprint density at radius 3 is 2.45 bits per heavy atom. The summed E-state index contributed by atoms with van der Waals surface area (Å²) in [6.45, 7) is 11.7. The Morgan fingerprint density at radius 1 is 1.13 bits per heavy atom. The summed E-state index contributed by atoms with van der Waals surface area (Å²) in [6.07, 6.45) is -4.25. The normalized spacial score (nSPS) is 18.4. The van der Waals surface area contributed by atoms with Gasteiger partial charge in [-0.25, -0.2) is 4.68 Å². The van der Waals surface area contributed by atoms with E-state index in [0.29, 0.717) is 52.0 Å². The molecule has 0 radical (unpaired) electrons. The van der Waals surface area contributed by atoms with Gasteiger partial charge in [0.05, 0.1) is 23.0 Å². The Morgan fingerprint density at radius 2 is 1.83 bits per heavy atom. The maximum Gasteiger partial charge on any atom is 0.416 e. The Kier molecular flexibility index (Phi) is 9.17. The standard InChI is InChI=1S/C34H41F3N4O5S/c1-8-41-31-27(46-7)16-26(21(4)30(31)38-39-41)29(33(5,6)32(42)43)23-10-9-20(3)24(14-23)18-40-17-19(2)13-22-11-12-25(34(35,36)37)15-28(22)47(40,44)45/h9-12,14-16,19,29,44-45H,8,13,17-18H2,1-7H3,(H,42,43)/t19-,29-/m0/s1. The lowest BCUT2D eigenvalue weighted by molar-refractivity contribution is -0.147. The number of benzene rings is 3.